The number of carbonyl (C=O) groups excluding carboxylic acids is 1. The Balaban J connectivity index is 1.57. The number of nitrogens with one attached hydrogen (secondary N) is 2. The molecule has 11 nitrogen and oxygen atoms in total. The Bertz CT molecular complexity index is 1680. The zero-order valence-electron chi connectivity index (χ0n) is 24.3. The number of hydrogen-bond acceptors (Lipinski definition) is 8. The van der Waals surface area contributed by atoms with E-state index in [1.165, 1.54) is 26.4 Å². The lowest BCUT2D eigenvalue weighted by atomic mass is 9.95. The van der Waals surface area contributed by atoms with Crippen molar-refractivity contribution in [1.82, 2.24) is 10.3 Å². The van der Waals surface area contributed by atoms with Crippen LogP contribution in [0, 0.1) is 15.5 Å². The van der Waals surface area contributed by atoms with Gasteiger partial charge in [0.1, 0.15) is 29.1 Å². The number of amides is 1. The summed E-state index contributed by atoms with van der Waals surface area (Å²) < 4.78 is 17.5. The van der Waals surface area contributed by atoms with Gasteiger partial charge in [-0.2, -0.15) is 0 Å². The van der Waals surface area contributed by atoms with Crippen LogP contribution in [0.15, 0.2) is 77.3 Å². The number of hydrogen-bond donors (Lipinski definition) is 2. The Morgan fingerprint density at radius 2 is 1.84 bits per heavy atom. The molecule has 5 rings (SSSR count). The summed E-state index contributed by atoms with van der Waals surface area (Å²) in [7, 11) is 2.99. The van der Waals surface area contributed by atoms with Crippen LogP contribution < -0.4 is 25.0 Å². The number of methoxy groups -OCH3 is 2. The minimum Gasteiger partial charge on any atom is -0.496 e. The molecule has 0 unspecified atom stereocenters. The summed E-state index contributed by atoms with van der Waals surface area (Å²) in [6.45, 7) is 5.51. The number of non-ortho nitro benzene ring substituents is 1. The number of furan rings is 1. The average molecular weight is 602 g/mol. The maximum absolute atomic E-state index is 12.7. The third-order valence-electron chi connectivity index (χ3n) is 7.07. The third-order valence-corrected chi connectivity index (χ3v) is 7.38. The van der Waals surface area contributed by atoms with Crippen LogP contribution in [0.2, 0.25) is 0 Å². The number of nitro groups is 1. The molecule has 1 aliphatic rings. The van der Waals surface area contributed by atoms with Gasteiger partial charge in [0, 0.05) is 29.4 Å². The second-order valence-electron chi connectivity index (χ2n) is 10.9. The molecule has 1 aliphatic heterocycles. The number of benzene rings is 2. The molecule has 0 aliphatic carbocycles. The number of rotatable bonds is 8. The summed E-state index contributed by atoms with van der Waals surface area (Å²) in [6.07, 6.45) is 1.71. The van der Waals surface area contributed by atoms with E-state index in [-0.39, 0.29) is 17.6 Å². The molecule has 1 amide bonds. The molecule has 1 fully saturated rings. The van der Waals surface area contributed by atoms with Crippen LogP contribution in [-0.2, 0) is 4.79 Å². The fourth-order valence-electron chi connectivity index (χ4n) is 4.82. The van der Waals surface area contributed by atoms with Crippen molar-refractivity contribution in [2.45, 2.75) is 32.9 Å². The highest BCUT2D eigenvalue weighted by Crippen LogP contribution is 2.45. The summed E-state index contributed by atoms with van der Waals surface area (Å²) in [5.41, 5.74) is 1.88. The Morgan fingerprint density at radius 3 is 2.49 bits per heavy atom. The van der Waals surface area contributed by atoms with Gasteiger partial charge in [0.05, 0.1) is 48.2 Å². The second kappa shape index (κ2) is 11.7. The zero-order chi connectivity index (χ0) is 30.9. The maximum atomic E-state index is 12.7. The molecule has 0 bridgehead atoms. The summed E-state index contributed by atoms with van der Waals surface area (Å²) in [4.78, 5) is 30.0. The van der Waals surface area contributed by atoms with Crippen LogP contribution in [-0.4, -0.2) is 35.1 Å². The molecule has 0 saturated carbocycles. The molecule has 2 aromatic carbocycles. The Morgan fingerprint density at radius 1 is 1.07 bits per heavy atom. The van der Waals surface area contributed by atoms with Crippen LogP contribution in [0.1, 0.15) is 44.3 Å². The molecular formula is C31H31N5O6S. The average Bonchev–Trinajstić information content (AvgIpc) is 3.61. The smallest absolute Gasteiger partial charge is 0.273 e. The van der Waals surface area contributed by atoms with Gasteiger partial charge in [-0.1, -0.05) is 26.8 Å². The van der Waals surface area contributed by atoms with Gasteiger partial charge in [-0.15, -0.1) is 0 Å². The summed E-state index contributed by atoms with van der Waals surface area (Å²) in [5, 5.41) is 18.1. The highest BCUT2D eigenvalue weighted by molar-refractivity contribution is 7.80. The standard InChI is InChI=1S/C31H31N5O6S/c1-31(2,3)29(37)33-21-12-10-18(16-26(21)41-5)35-28(27(34-30(35)43)22-8-6-7-15-32-22)24-14-13-23(42-24)20-11-9-19(36(38)39)17-25(20)40-4/h6-17,27-28H,1-5H3,(H,33,37)(H,34,43)/t27-,28-/m0/s1. The fourth-order valence-corrected chi connectivity index (χ4v) is 5.16. The fraction of sp³-hybridized carbons (Fsp3) is 0.258. The highest BCUT2D eigenvalue weighted by atomic mass is 32.1. The highest BCUT2D eigenvalue weighted by Gasteiger charge is 2.43. The van der Waals surface area contributed by atoms with Crippen LogP contribution in [0.25, 0.3) is 11.3 Å². The number of carbonyl (C=O) groups is 1. The predicted molar refractivity (Wildman–Crippen MR) is 166 cm³/mol. The van der Waals surface area contributed by atoms with Gasteiger partial charge in [0.2, 0.25) is 5.91 Å². The topological polar surface area (TPSA) is 132 Å². The van der Waals surface area contributed by atoms with Crippen LogP contribution >= 0.6 is 12.2 Å². The van der Waals surface area contributed by atoms with Gasteiger partial charge in [-0.3, -0.25) is 19.9 Å². The lowest BCUT2D eigenvalue weighted by molar-refractivity contribution is -0.384. The van der Waals surface area contributed by atoms with Crippen LogP contribution in [0.3, 0.4) is 0 Å². The molecule has 2 atom stereocenters. The minimum absolute atomic E-state index is 0.0878. The number of ether oxygens (including phenoxy) is 2. The van der Waals surface area contributed by atoms with E-state index in [2.05, 4.69) is 15.6 Å². The minimum atomic E-state index is -0.589. The van der Waals surface area contributed by atoms with Crippen molar-refractivity contribution >= 4 is 40.3 Å². The Kier molecular flexibility index (Phi) is 8.05. The first-order valence-electron chi connectivity index (χ1n) is 13.4. The molecule has 222 valence electrons. The molecule has 43 heavy (non-hydrogen) atoms. The molecule has 4 aromatic rings. The van der Waals surface area contributed by atoms with Gasteiger partial charge < -0.3 is 29.4 Å². The number of nitro benzene ring substituents is 1. The van der Waals surface area contributed by atoms with Crippen LogP contribution in [0.5, 0.6) is 11.5 Å². The zero-order valence-corrected chi connectivity index (χ0v) is 25.1. The lowest BCUT2D eigenvalue weighted by Crippen LogP contribution is -2.30. The van der Waals surface area contributed by atoms with E-state index < -0.39 is 16.4 Å². The number of pyridine rings is 1. The van der Waals surface area contributed by atoms with Crippen molar-refractivity contribution in [2.24, 2.45) is 5.41 Å². The van der Waals surface area contributed by atoms with E-state index in [0.717, 1.165) is 5.69 Å². The van der Waals surface area contributed by atoms with E-state index in [1.54, 1.807) is 24.4 Å². The molecular weight excluding hydrogens is 570 g/mol. The van der Waals surface area contributed by atoms with Gasteiger partial charge in [0.15, 0.2) is 5.11 Å². The van der Waals surface area contributed by atoms with Crippen molar-refractivity contribution in [3.63, 3.8) is 0 Å². The summed E-state index contributed by atoms with van der Waals surface area (Å²) in [5.74, 6) is 1.68. The van der Waals surface area contributed by atoms with Gasteiger partial charge in [-0.05, 0) is 54.7 Å². The second-order valence-corrected chi connectivity index (χ2v) is 11.3. The van der Waals surface area contributed by atoms with Crippen LogP contribution in [0.4, 0.5) is 17.1 Å². The van der Waals surface area contributed by atoms with Crippen molar-refractivity contribution in [3.8, 4) is 22.8 Å². The number of nitrogens with zero attached hydrogens (tertiary/aromatic N) is 3. The van der Waals surface area contributed by atoms with E-state index >= 15 is 0 Å². The maximum Gasteiger partial charge on any atom is 0.273 e. The largest absolute Gasteiger partial charge is 0.496 e. The monoisotopic (exact) mass is 601 g/mol. The van der Waals surface area contributed by atoms with Crippen molar-refractivity contribution in [3.05, 3.63) is 94.5 Å². The molecule has 12 heteroatoms. The number of anilines is 2. The van der Waals surface area contributed by atoms with Gasteiger partial charge in [0.25, 0.3) is 5.69 Å². The molecule has 1 saturated heterocycles. The van der Waals surface area contributed by atoms with E-state index in [1.807, 2.05) is 62.1 Å². The SMILES string of the molecule is COc1cc(N2C(=S)N[C@@H](c3ccccn3)[C@@H]2c2ccc(-c3ccc([N+](=O)[O-])cc3OC)o2)ccc1NC(=O)C(C)(C)C. The first kappa shape index (κ1) is 29.5. The van der Waals surface area contributed by atoms with E-state index in [9.17, 15) is 14.9 Å². The first-order valence-corrected chi connectivity index (χ1v) is 13.9. The molecule has 0 spiro atoms. The van der Waals surface area contributed by atoms with E-state index in [4.69, 9.17) is 26.1 Å². The molecule has 2 aromatic heterocycles. The molecule has 3 heterocycles. The Hall–Kier alpha value is -4.97. The van der Waals surface area contributed by atoms with Crippen molar-refractivity contribution in [1.29, 1.82) is 0 Å². The number of aromatic nitrogens is 1. The van der Waals surface area contributed by atoms with Crippen molar-refractivity contribution in [2.75, 3.05) is 24.4 Å². The first-order chi connectivity index (χ1) is 20.5. The van der Waals surface area contributed by atoms with Gasteiger partial charge in [-0.25, -0.2) is 0 Å². The summed E-state index contributed by atoms with van der Waals surface area (Å²) in [6, 6.07) is 18.2. The van der Waals surface area contributed by atoms with E-state index in [0.29, 0.717) is 45.1 Å². The lowest BCUT2D eigenvalue weighted by Gasteiger charge is -2.27. The third kappa shape index (κ3) is 5.86. The summed E-state index contributed by atoms with van der Waals surface area (Å²) >= 11 is 5.84. The van der Waals surface area contributed by atoms with Gasteiger partial charge >= 0.3 is 0 Å². The Labute approximate surface area is 254 Å². The number of thiocarbonyl (C=S) groups is 1. The quantitative estimate of drug-likeness (QED) is 0.132. The van der Waals surface area contributed by atoms with Crippen molar-refractivity contribution < 1.29 is 23.6 Å². The normalized spacial score (nSPS) is 16.5. The predicted octanol–water partition coefficient (Wildman–Crippen LogP) is 6.43. The molecule has 0 radical (unpaired) electrons. The molecule has 2 N–H and O–H groups in total.